The number of hydrogen-bond acceptors (Lipinski definition) is 4. The number of halogens is 1. The molecule has 0 radical (unpaired) electrons. The molecule has 0 aliphatic carbocycles. The minimum atomic E-state index is -0.269. The van der Waals surface area contributed by atoms with Crippen LogP contribution in [0.4, 0.5) is 10.2 Å². The third-order valence-electron chi connectivity index (χ3n) is 4.58. The van der Waals surface area contributed by atoms with Gasteiger partial charge in [0.05, 0.1) is 11.9 Å². The maximum absolute atomic E-state index is 13.2. The second-order valence-corrected chi connectivity index (χ2v) is 6.40. The zero-order valence-electron chi connectivity index (χ0n) is 14.4. The van der Waals surface area contributed by atoms with E-state index in [1.165, 1.54) is 12.1 Å². The summed E-state index contributed by atoms with van der Waals surface area (Å²) < 4.78 is 14.9. The first-order chi connectivity index (χ1) is 12.7. The first kappa shape index (κ1) is 16.5. The average molecular weight is 353 g/mol. The van der Waals surface area contributed by atoms with Crippen molar-refractivity contribution >= 4 is 17.4 Å². The average Bonchev–Trinajstić information content (AvgIpc) is 3.28. The van der Waals surface area contributed by atoms with E-state index in [1.54, 1.807) is 22.8 Å². The van der Waals surface area contributed by atoms with Crippen LogP contribution >= 0.6 is 0 Å². The summed E-state index contributed by atoms with van der Waals surface area (Å²) in [5.41, 5.74) is 2.33. The molecule has 6 nitrogen and oxygen atoms in total. The zero-order valence-corrected chi connectivity index (χ0v) is 14.4. The van der Waals surface area contributed by atoms with Crippen LogP contribution < -0.4 is 5.32 Å². The van der Waals surface area contributed by atoms with Crippen molar-refractivity contribution in [2.24, 2.45) is 0 Å². The monoisotopic (exact) mass is 353 g/mol. The van der Waals surface area contributed by atoms with E-state index in [4.69, 9.17) is 0 Å². The Labute approximate surface area is 150 Å². The first-order valence-electron chi connectivity index (χ1n) is 8.83. The van der Waals surface area contributed by atoms with Crippen LogP contribution in [0.25, 0.3) is 16.9 Å². The molecule has 7 heteroatoms. The summed E-state index contributed by atoms with van der Waals surface area (Å²) >= 11 is 0. The highest BCUT2D eigenvalue weighted by Gasteiger charge is 2.19. The highest BCUT2D eigenvalue weighted by atomic mass is 19.1. The number of carbonyl (C=O) groups excluding carboxylic acids is 1. The normalized spacial score (nSPS) is 14.3. The maximum atomic E-state index is 13.2. The van der Waals surface area contributed by atoms with Crippen molar-refractivity contribution in [2.75, 3.05) is 25.0 Å². The number of aromatic nitrogens is 3. The van der Waals surface area contributed by atoms with E-state index >= 15 is 0 Å². The van der Waals surface area contributed by atoms with Crippen molar-refractivity contribution in [1.29, 1.82) is 0 Å². The van der Waals surface area contributed by atoms with Gasteiger partial charge in [-0.2, -0.15) is 9.61 Å². The molecule has 3 heterocycles. The predicted octanol–water partition coefficient (Wildman–Crippen LogP) is 2.96. The van der Waals surface area contributed by atoms with Gasteiger partial charge >= 0.3 is 0 Å². The van der Waals surface area contributed by atoms with Crippen LogP contribution in [0.2, 0.25) is 0 Å². The number of likely N-dealkylation sites (tertiary alicyclic amines) is 1. The molecule has 1 fully saturated rings. The summed E-state index contributed by atoms with van der Waals surface area (Å²) in [6.45, 7) is 2.36. The quantitative estimate of drug-likeness (QED) is 0.692. The molecule has 134 valence electrons. The Morgan fingerprint density at radius 3 is 2.81 bits per heavy atom. The Morgan fingerprint density at radius 2 is 2.04 bits per heavy atom. The fourth-order valence-corrected chi connectivity index (χ4v) is 3.23. The van der Waals surface area contributed by atoms with E-state index in [-0.39, 0.29) is 11.7 Å². The van der Waals surface area contributed by atoms with E-state index in [9.17, 15) is 9.18 Å². The molecule has 1 amide bonds. The predicted molar refractivity (Wildman–Crippen MR) is 97.3 cm³/mol. The number of rotatable bonds is 6. The Bertz CT molecular complexity index is 921. The van der Waals surface area contributed by atoms with Crippen LogP contribution in [0.1, 0.15) is 19.3 Å². The van der Waals surface area contributed by atoms with Gasteiger partial charge in [0.25, 0.3) is 0 Å². The molecule has 1 aliphatic rings. The van der Waals surface area contributed by atoms with E-state index < -0.39 is 0 Å². The van der Waals surface area contributed by atoms with E-state index in [1.807, 2.05) is 17.0 Å². The van der Waals surface area contributed by atoms with E-state index in [2.05, 4.69) is 15.4 Å². The second kappa shape index (κ2) is 7.11. The fourth-order valence-electron chi connectivity index (χ4n) is 3.23. The van der Waals surface area contributed by atoms with Crippen LogP contribution in [-0.2, 0) is 4.79 Å². The fraction of sp³-hybridized carbons (Fsp3) is 0.316. The summed E-state index contributed by atoms with van der Waals surface area (Å²) in [7, 11) is 0. The Kier molecular flexibility index (Phi) is 4.51. The Morgan fingerprint density at radius 1 is 1.19 bits per heavy atom. The minimum Gasteiger partial charge on any atom is -0.370 e. The third-order valence-corrected chi connectivity index (χ3v) is 4.58. The van der Waals surface area contributed by atoms with Crippen molar-refractivity contribution in [1.82, 2.24) is 19.5 Å². The molecule has 0 atom stereocenters. The van der Waals surface area contributed by atoms with Gasteiger partial charge in [0.2, 0.25) is 5.91 Å². The van der Waals surface area contributed by atoms with E-state index in [0.717, 1.165) is 55.2 Å². The SMILES string of the molecule is O=C1CCCN1CCCNc1cc(-c2ccc(F)cc2)nc2ccnn12. The van der Waals surface area contributed by atoms with Gasteiger partial charge in [-0.25, -0.2) is 9.37 Å². The number of hydrogen-bond donors (Lipinski definition) is 1. The lowest BCUT2D eigenvalue weighted by Crippen LogP contribution is -2.27. The van der Waals surface area contributed by atoms with Crippen LogP contribution in [0.3, 0.4) is 0 Å². The summed E-state index contributed by atoms with van der Waals surface area (Å²) in [6.07, 6.45) is 4.20. The molecule has 0 unspecified atom stereocenters. The summed E-state index contributed by atoms with van der Waals surface area (Å²) in [4.78, 5) is 18.2. The zero-order chi connectivity index (χ0) is 17.9. The number of nitrogens with zero attached hydrogens (tertiary/aromatic N) is 4. The molecule has 1 saturated heterocycles. The van der Waals surface area contributed by atoms with Gasteiger partial charge in [-0.05, 0) is 37.1 Å². The second-order valence-electron chi connectivity index (χ2n) is 6.40. The molecule has 0 bridgehead atoms. The van der Waals surface area contributed by atoms with Crippen molar-refractivity contribution in [3.05, 3.63) is 48.4 Å². The molecular formula is C19H20FN5O. The number of anilines is 1. The van der Waals surface area contributed by atoms with Gasteiger partial charge in [0, 0.05) is 43.8 Å². The van der Waals surface area contributed by atoms with Gasteiger partial charge in [-0.15, -0.1) is 0 Å². The number of carbonyl (C=O) groups is 1. The molecular weight excluding hydrogens is 333 g/mol. The molecule has 1 aliphatic heterocycles. The minimum absolute atomic E-state index is 0.252. The molecule has 26 heavy (non-hydrogen) atoms. The largest absolute Gasteiger partial charge is 0.370 e. The molecule has 0 saturated carbocycles. The van der Waals surface area contributed by atoms with Crippen molar-refractivity contribution < 1.29 is 9.18 Å². The standard InChI is InChI=1S/C19H20FN5O/c20-15-6-4-14(5-7-15)16-13-18(25-17(23-16)8-10-22-25)21-9-2-12-24-11-1-3-19(24)26/h4-8,10,13,21H,1-3,9,11-12H2. The smallest absolute Gasteiger partial charge is 0.222 e. The van der Waals surface area contributed by atoms with Gasteiger partial charge in [0.1, 0.15) is 11.6 Å². The highest BCUT2D eigenvalue weighted by molar-refractivity contribution is 5.78. The Balaban J connectivity index is 1.49. The summed E-state index contributed by atoms with van der Waals surface area (Å²) in [5.74, 6) is 0.808. The topological polar surface area (TPSA) is 62.5 Å². The highest BCUT2D eigenvalue weighted by Crippen LogP contribution is 2.22. The number of benzene rings is 1. The van der Waals surface area contributed by atoms with Gasteiger partial charge in [-0.1, -0.05) is 0 Å². The van der Waals surface area contributed by atoms with Crippen LogP contribution in [0.15, 0.2) is 42.6 Å². The van der Waals surface area contributed by atoms with Crippen LogP contribution in [0, 0.1) is 5.82 Å². The summed E-state index contributed by atoms with van der Waals surface area (Å²) in [6, 6.07) is 10.0. The first-order valence-corrected chi connectivity index (χ1v) is 8.83. The number of fused-ring (bicyclic) bond motifs is 1. The number of nitrogens with one attached hydrogen (secondary N) is 1. The van der Waals surface area contributed by atoms with Crippen molar-refractivity contribution in [3.63, 3.8) is 0 Å². The lowest BCUT2D eigenvalue weighted by molar-refractivity contribution is -0.127. The van der Waals surface area contributed by atoms with Crippen LogP contribution in [0.5, 0.6) is 0 Å². The Hall–Kier alpha value is -2.96. The molecule has 1 N–H and O–H groups in total. The number of amides is 1. The molecule has 2 aromatic heterocycles. The molecule has 4 rings (SSSR count). The van der Waals surface area contributed by atoms with Gasteiger partial charge < -0.3 is 10.2 Å². The molecule has 3 aromatic rings. The maximum Gasteiger partial charge on any atom is 0.222 e. The lowest BCUT2D eigenvalue weighted by Gasteiger charge is -2.16. The van der Waals surface area contributed by atoms with Crippen LogP contribution in [-0.4, -0.2) is 45.0 Å². The lowest BCUT2D eigenvalue weighted by atomic mass is 10.1. The molecule has 0 spiro atoms. The van der Waals surface area contributed by atoms with Crippen molar-refractivity contribution in [2.45, 2.75) is 19.3 Å². The van der Waals surface area contributed by atoms with Gasteiger partial charge in [-0.3, -0.25) is 4.79 Å². The van der Waals surface area contributed by atoms with E-state index in [0.29, 0.717) is 6.42 Å². The van der Waals surface area contributed by atoms with Crippen molar-refractivity contribution in [3.8, 4) is 11.3 Å². The summed E-state index contributed by atoms with van der Waals surface area (Å²) in [5, 5.41) is 7.69. The molecule has 1 aromatic carbocycles. The third kappa shape index (κ3) is 3.37. The van der Waals surface area contributed by atoms with Gasteiger partial charge in [0.15, 0.2) is 5.65 Å².